The summed E-state index contributed by atoms with van der Waals surface area (Å²) in [6.45, 7) is 1.72. The van der Waals surface area contributed by atoms with Crippen LogP contribution in [0.3, 0.4) is 0 Å². The predicted molar refractivity (Wildman–Crippen MR) is 59.9 cm³/mol. The first-order valence-corrected chi connectivity index (χ1v) is 5.68. The smallest absolute Gasteiger partial charge is 0.156 e. The first-order valence-electron chi connectivity index (χ1n) is 5.68. The van der Waals surface area contributed by atoms with E-state index in [1.165, 1.54) is 18.4 Å². The summed E-state index contributed by atoms with van der Waals surface area (Å²) in [5.41, 5.74) is 1.33. The van der Waals surface area contributed by atoms with Gasteiger partial charge in [0, 0.05) is 31.0 Å². The van der Waals surface area contributed by atoms with Crippen LogP contribution in [0.1, 0.15) is 24.2 Å². The molecular formula is C12H15N3O. The average molecular weight is 217 g/mol. The number of rotatable bonds is 5. The van der Waals surface area contributed by atoms with Crippen molar-refractivity contribution in [2.24, 2.45) is 0 Å². The quantitative estimate of drug-likeness (QED) is 0.830. The molecule has 3 rings (SSSR count). The lowest BCUT2D eigenvalue weighted by molar-refractivity contribution is 0.376. The van der Waals surface area contributed by atoms with Crippen molar-refractivity contribution in [2.75, 3.05) is 0 Å². The van der Waals surface area contributed by atoms with E-state index in [1.54, 1.807) is 6.20 Å². The molecule has 1 saturated carbocycles. The van der Waals surface area contributed by atoms with Gasteiger partial charge in [-0.05, 0) is 24.5 Å². The molecule has 0 unspecified atom stereocenters. The zero-order chi connectivity index (χ0) is 10.8. The Labute approximate surface area is 94.2 Å². The fourth-order valence-electron chi connectivity index (χ4n) is 1.75. The van der Waals surface area contributed by atoms with Crippen molar-refractivity contribution in [1.82, 2.24) is 15.0 Å². The molecule has 0 spiro atoms. The molecule has 1 N–H and O–H groups in total. The summed E-state index contributed by atoms with van der Waals surface area (Å²) in [5.74, 6) is 0.886. The van der Waals surface area contributed by atoms with Gasteiger partial charge >= 0.3 is 0 Å². The van der Waals surface area contributed by atoms with E-state index in [0.29, 0.717) is 0 Å². The van der Waals surface area contributed by atoms with E-state index in [2.05, 4.69) is 33.5 Å². The van der Waals surface area contributed by atoms with Gasteiger partial charge in [0.2, 0.25) is 0 Å². The van der Waals surface area contributed by atoms with Crippen LogP contribution < -0.4 is 5.32 Å². The molecule has 1 aliphatic rings. The topological polar surface area (TPSA) is 43.0 Å². The molecule has 0 amide bonds. The fourth-order valence-corrected chi connectivity index (χ4v) is 1.75. The van der Waals surface area contributed by atoms with E-state index in [0.717, 1.165) is 24.9 Å². The standard InChI is InChI=1S/C12H15N3O/c1-2-11(1)13-7-10-4-6-15(8-10)9-12-3-5-14-16-12/h3-6,8,11,13H,1-2,7,9H2. The fraction of sp³-hybridized carbons (Fsp3) is 0.417. The molecular weight excluding hydrogens is 202 g/mol. The minimum atomic E-state index is 0.753. The van der Waals surface area contributed by atoms with Gasteiger partial charge in [0.1, 0.15) is 0 Å². The van der Waals surface area contributed by atoms with Crippen LogP contribution >= 0.6 is 0 Å². The highest BCUT2D eigenvalue weighted by Gasteiger charge is 2.19. The molecule has 84 valence electrons. The lowest BCUT2D eigenvalue weighted by atomic mass is 10.3. The van der Waals surface area contributed by atoms with Gasteiger partial charge in [0.25, 0.3) is 0 Å². The summed E-state index contributed by atoms with van der Waals surface area (Å²) in [6, 6.07) is 4.80. The summed E-state index contributed by atoms with van der Waals surface area (Å²) in [7, 11) is 0. The van der Waals surface area contributed by atoms with Crippen LogP contribution in [0.4, 0.5) is 0 Å². The Hall–Kier alpha value is -1.55. The Balaban J connectivity index is 1.58. The second kappa shape index (κ2) is 4.14. The maximum absolute atomic E-state index is 5.07. The molecule has 0 bridgehead atoms. The van der Waals surface area contributed by atoms with Crippen LogP contribution in [0.2, 0.25) is 0 Å². The molecule has 2 aromatic heterocycles. The molecule has 2 heterocycles. The highest BCUT2D eigenvalue weighted by molar-refractivity contribution is 5.11. The van der Waals surface area contributed by atoms with E-state index in [9.17, 15) is 0 Å². The maximum Gasteiger partial charge on any atom is 0.156 e. The molecule has 0 aromatic carbocycles. The van der Waals surface area contributed by atoms with Crippen LogP contribution in [-0.4, -0.2) is 15.8 Å². The summed E-state index contributed by atoms with van der Waals surface area (Å²) in [6.07, 6.45) is 8.57. The Kier molecular flexibility index (Phi) is 2.50. The minimum Gasteiger partial charge on any atom is -0.359 e. The van der Waals surface area contributed by atoms with E-state index >= 15 is 0 Å². The lowest BCUT2D eigenvalue weighted by Crippen LogP contribution is -2.14. The van der Waals surface area contributed by atoms with Gasteiger partial charge in [-0.1, -0.05) is 5.16 Å². The number of hydrogen-bond donors (Lipinski definition) is 1. The Morgan fingerprint density at radius 2 is 2.38 bits per heavy atom. The highest BCUT2D eigenvalue weighted by Crippen LogP contribution is 2.19. The van der Waals surface area contributed by atoms with Gasteiger partial charge in [-0.15, -0.1) is 0 Å². The number of nitrogens with zero attached hydrogens (tertiary/aromatic N) is 2. The van der Waals surface area contributed by atoms with Crippen molar-refractivity contribution in [3.8, 4) is 0 Å². The van der Waals surface area contributed by atoms with Crippen molar-refractivity contribution in [1.29, 1.82) is 0 Å². The van der Waals surface area contributed by atoms with Crippen LogP contribution in [0.25, 0.3) is 0 Å². The molecule has 4 nitrogen and oxygen atoms in total. The van der Waals surface area contributed by atoms with Crippen LogP contribution in [0.15, 0.2) is 35.2 Å². The number of aromatic nitrogens is 2. The maximum atomic E-state index is 5.07. The monoisotopic (exact) mass is 217 g/mol. The van der Waals surface area contributed by atoms with Gasteiger partial charge in [0.15, 0.2) is 5.76 Å². The second-order valence-electron chi connectivity index (χ2n) is 4.33. The van der Waals surface area contributed by atoms with Gasteiger partial charge < -0.3 is 14.4 Å². The van der Waals surface area contributed by atoms with Gasteiger partial charge in [-0.2, -0.15) is 0 Å². The van der Waals surface area contributed by atoms with Crippen molar-refractivity contribution in [3.63, 3.8) is 0 Å². The third kappa shape index (κ3) is 2.33. The Morgan fingerprint density at radius 1 is 1.44 bits per heavy atom. The second-order valence-corrected chi connectivity index (χ2v) is 4.33. The summed E-state index contributed by atoms with van der Waals surface area (Å²) < 4.78 is 7.18. The van der Waals surface area contributed by atoms with Crippen molar-refractivity contribution < 1.29 is 4.52 Å². The molecule has 0 saturated heterocycles. The van der Waals surface area contributed by atoms with Gasteiger partial charge in [-0.25, -0.2) is 0 Å². The van der Waals surface area contributed by atoms with Crippen molar-refractivity contribution >= 4 is 0 Å². The molecule has 0 atom stereocenters. The first kappa shape index (κ1) is 9.66. The van der Waals surface area contributed by atoms with E-state index < -0.39 is 0 Å². The lowest BCUT2D eigenvalue weighted by Gasteiger charge is -2.00. The zero-order valence-corrected chi connectivity index (χ0v) is 9.10. The molecule has 0 aliphatic heterocycles. The van der Waals surface area contributed by atoms with Crippen LogP contribution in [-0.2, 0) is 13.1 Å². The molecule has 4 heteroatoms. The molecule has 0 radical (unpaired) electrons. The first-order chi connectivity index (χ1) is 7.90. The summed E-state index contributed by atoms with van der Waals surface area (Å²) in [5, 5.41) is 7.19. The van der Waals surface area contributed by atoms with Gasteiger partial charge in [-0.3, -0.25) is 0 Å². The van der Waals surface area contributed by atoms with E-state index in [4.69, 9.17) is 4.52 Å². The molecule has 1 aliphatic carbocycles. The van der Waals surface area contributed by atoms with E-state index in [-0.39, 0.29) is 0 Å². The highest BCUT2D eigenvalue weighted by atomic mass is 16.5. The third-order valence-corrected chi connectivity index (χ3v) is 2.81. The zero-order valence-electron chi connectivity index (χ0n) is 9.10. The molecule has 1 fully saturated rings. The number of hydrogen-bond acceptors (Lipinski definition) is 3. The minimum absolute atomic E-state index is 0.753. The van der Waals surface area contributed by atoms with Gasteiger partial charge in [0.05, 0.1) is 12.7 Å². The normalized spacial score (nSPS) is 15.5. The SMILES string of the molecule is c1cc(Cn2ccc(CNC3CC3)c2)on1. The third-order valence-electron chi connectivity index (χ3n) is 2.81. The molecule has 16 heavy (non-hydrogen) atoms. The summed E-state index contributed by atoms with van der Waals surface area (Å²) >= 11 is 0. The van der Waals surface area contributed by atoms with Crippen molar-refractivity contribution in [2.45, 2.75) is 32.0 Å². The Morgan fingerprint density at radius 3 is 3.12 bits per heavy atom. The van der Waals surface area contributed by atoms with Crippen LogP contribution in [0.5, 0.6) is 0 Å². The predicted octanol–water partition coefficient (Wildman–Crippen LogP) is 1.78. The largest absolute Gasteiger partial charge is 0.359 e. The summed E-state index contributed by atoms with van der Waals surface area (Å²) in [4.78, 5) is 0. The van der Waals surface area contributed by atoms with E-state index in [1.807, 2.05) is 6.07 Å². The Bertz CT molecular complexity index is 443. The molecule has 2 aromatic rings. The van der Waals surface area contributed by atoms with Crippen molar-refractivity contribution in [3.05, 3.63) is 42.0 Å². The number of nitrogens with one attached hydrogen (secondary N) is 1. The average Bonchev–Trinajstić information content (AvgIpc) is 2.78. The van der Waals surface area contributed by atoms with Crippen LogP contribution in [0, 0.1) is 0 Å².